The molecule has 18 heavy (non-hydrogen) atoms. The minimum Gasteiger partial charge on any atom is -0.396 e. The molecular weight excluding hydrogens is 224 g/mol. The highest BCUT2D eigenvalue weighted by atomic mass is 16.3. The van der Waals surface area contributed by atoms with Crippen LogP contribution in [0.1, 0.15) is 18.9 Å². The van der Waals surface area contributed by atoms with Gasteiger partial charge in [0.15, 0.2) is 0 Å². The molecule has 96 valence electrons. The van der Waals surface area contributed by atoms with Crippen molar-refractivity contribution in [2.24, 2.45) is 0 Å². The van der Waals surface area contributed by atoms with Crippen LogP contribution >= 0.6 is 0 Å². The number of benzene rings is 1. The van der Waals surface area contributed by atoms with Gasteiger partial charge < -0.3 is 5.11 Å². The van der Waals surface area contributed by atoms with E-state index in [1.807, 2.05) is 12.3 Å². The first-order valence-corrected chi connectivity index (χ1v) is 6.51. The molecule has 3 heteroatoms. The Morgan fingerprint density at radius 3 is 2.83 bits per heavy atom. The molecule has 0 unspecified atom stereocenters. The van der Waals surface area contributed by atoms with Crippen molar-refractivity contribution in [2.45, 2.75) is 19.9 Å². The standard InChI is InChI=1S/C15H20N2O/c1-2-17(10-5-11-18)12-14-7-3-6-13-8-4-9-16-15(13)14/h3-4,6-9,18H,2,5,10-12H2,1H3. The first-order chi connectivity index (χ1) is 8.85. The number of para-hydroxylation sites is 1. The van der Waals surface area contributed by atoms with E-state index in [2.05, 4.69) is 41.1 Å². The van der Waals surface area contributed by atoms with Crippen molar-refractivity contribution in [3.63, 3.8) is 0 Å². The maximum atomic E-state index is 8.91. The van der Waals surface area contributed by atoms with Gasteiger partial charge in [-0.2, -0.15) is 0 Å². The van der Waals surface area contributed by atoms with Gasteiger partial charge in [0.2, 0.25) is 0 Å². The van der Waals surface area contributed by atoms with Crippen LogP contribution < -0.4 is 0 Å². The SMILES string of the molecule is CCN(CCCO)Cc1cccc2cccnc12. The summed E-state index contributed by atoms with van der Waals surface area (Å²) in [7, 11) is 0. The minimum absolute atomic E-state index is 0.254. The Labute approximate surface area is 108 Å². The number of nitrogens with zero attached hydrogens (tertiary/aromatic N) is 2. The number of fused-ring (bicyclic) bond motifs is 1. The maximum Gasteiger partial charge on any atom is 0.0746 e. The predicted molar refractivity (Wildman–Crippen MR) is 74.4 cm³/mol. The van der Waals surface area contributed by atoms with Gasteiger partial charge in [-0.05, 0) is 24.6 Å². The highest BCUT2D eigenvalue weighted by Gasteiger charge is 2.07. The summed E-state index contributed by atoms with van der Waals surface area (Å²) in [6.07, 6.45) is 2.67. The van der Waals surface area contributed by atoms with Crippen molar-refractivity contribution >= 4 is 10.9 Å². The van der Waals surface area contributed by atoms with E-state index in [9.17, 15) is 0 Å². The van der Waals surface area contributed by atoms with Gasteiger partial charge in [0.25, 0.3) is 0 Å². The molecule has 0 bridgehead atoms. The number of rotatable bonds is 6. The van der Waals surface area contributed by atoms with Gasteiger partial charge in [0.1, 0.15) is 0 Å². The second-order valence-corrected chi connectivity index (χ2v) is 4.44. The highest BCUT2D eigenvalue weighted by molar-refractivity contribution is 5.81. The van der Waals surface area contributed by atoms with E-state index in [4.69, 9.17) is 5.11 Å². The van der Waals surface area contributed by atoms with Crippen LogP contribution in [0.5, 0.6) is 0 Å². The molecule has 3 nitrogen and oxygen atoms in total. The summed E-state index contributed by atoms with van der Waals surface area (Å²) in [5.74, 6) is 0. The Kier molecular flexibility index (Phi) is 4.67. The molecule has 0 fully saturated rings. The Morgan fingerprint density at radius 1 is 1.22 bits per heavy atom. The third-order valence-corrected chi connectivity index (χ3v) is 3.19. The summed E-state index contributed by atoms with van der Waals surface area (Å²) < 4.78 is 0. The molecule has 2 rings (SSSR count). The third-order valence-electron chi connectivity index (χ3n) is 3.19. The third kappa shape index (κ3) is 3.06. The van der Waals surface area contributed by atoms with Crippen LogP contribution in [-0.4, -0.2) is 34.7 Å². The largest absolute Gasteiger partial charge is 0.396 e. The molecule has 0 aliphatic rings. The van der Waals surface area contributed by atoms with Crippen molar-refractivity contribution in [1.82, 2.24) is 9.88 Å². The fraction of sp³-hybridized carbons (Fsp3) is 0.400. The van der Waals surface area contributed by atoms with E-state index in [1.54, 1.807) is 0 Å². The fourth-order valence-electron chi connectivity index (χ4n) is 2.18. The van der Waals surface area contributed by atoms with E-state index in [-0.39, 0.29) is 6.61 Å². The van der Waals surface area contributed by atoms with E-state index in [0.29, 0.717) is 0 Å². The van der Waals surface area contributed by atoms with Crippen LogP contribution in [0.2, 0.25) is 0 Å². The lowest BCUT2D eigenvalue weighted by atomic mass is 10.1. The molecule has 0 spiro atoms. The molecule has 0 saturated heterocycles. The van der Waals surface area contributed by atoms with Crippen LogP contribution in [-0.2, 0) is 6.54 Å². The molecular formula is C15H20N2O. The average Bonchev–Trinajstić information content (AvgIpc) is 2.43. The quantitative estimate of drug-likeness (QED) is 0.848. The van der Waals surface area contributed by atoms with Crippen LogP contribution in [0.3, 0.4) is 0 Å². The molecule has 0 aliphatic carbocycles. The second kappa shape index (κ2) is 6.47. The number of hydrogen-bond donors (Lipinski definition) is 1. The lowest BCUT2D eigenvalue weighted by Gasteiger charge is -2.20. The van der Waals surface area contributed by atoms with Gasteiger partial charge in [-0.15, -0.1) is 0 Å². The summed E-state index contributed by atoms with van der Waals surface area (Å²) >= 11 is 0. The molecule has 1 heterocycles. The van der Waals surface area contributed by atoms with E-state index >= 15 is 0 Å². The Hall–Kier alpha value is -1.45. The van der Waals surface area contributed by atoms with Crippen molar-refractivity contribution in [3.05, 3.63) is 42.1 Å². The Morgan fingerprint density at radius 2 is 2.06 bits per heavy atom. The topological polar surface area (TPSA) is 36.4 Å². The van der Waals surface area contributed by atoms with Crippen LogP contribution in [0.4, 0.5) is 0 Å². The molecule has 0 atom stereocenters. The zero-order valence-electron chi connectivity index (χ0n) is 10.8. The first kappa shape index (κ1) is 13.0. The number of hydrogen-bond acceptors (Lipinski definition) is 3. The number of aromatic nitrogens is 1. The zero-order valence-corrected chi connectivity index (χ0v) is 10.8. The van der Waals surface area contributed by atoms with Gasteiger partial charge in [-0.25, -0.2) is 0 Å². The molecule has 1 N–H and O–H groups in total. The molecule has 0 radical (unpaired) electrons. The van der Waals surface area contributed by atoms with Crippen molar-refractivity contribution < 1.29 is 5.11 Å². The molecule has 1 aromatic heterocycles. The molecule has 2 aromatic rings. The van der Waals surface area contributed by atoms with E-state index < -0.39 is 0 Å². The summed E-state index contributed by atoms with van der Waals surface area (Å²) in [6, 6.07) is 10.4. The predicted octanol–water partition coefficient (Wildman–Crippen LogP) is 2.44. The maximum absolute atomic E-state index is 8.91. The van der Waals surface area contributed by atoms with E-state index in [0.717, 1.165) is 31.6 Å². The normalized spacial score (nSPS) is 11.3. The second-order valence-electron chi connectivity index (χ2n) is 4.44. The van der Waals surface area contributed by atoms with Crippen LogP contribution in [0, 0.1) is 0 Å². The zero-order chi connectivity index (χ0) is 12.8. The molecule has 1 aromatic carbocycles. The Bertz CT molecular complexity index is 493. The van der Waals surface area contributed by atoms with Crippen molar-refractivity contribution in [2.75, 3.05) is 19.7 Å². The van der Waals surface area contributed by atoms with Crippen molar-refractivity contribution in [1.29, 1.82) is 0 Å². The lowest BCUT2D eigenvalue weighted by Crippen LogP contribution is -2.24. The number of aliphatic hydroxyl groups excluding tert-OH is 1. The smallest absolute Gasteiger partial charge is 0.0746 e. The van der Waals surface area contributed by atoms with Crippen LogP contribution in [0.15, 0.2) is 36.5 Å². The molecule has 0 aliphatic heterocycles. The minimum atomic E-state index is 0.254. The van der Waals surface area contributed by atoms with Crippen molar-refractivity contribution in [3.8, 4) is 0 Å². The van der Waals surface area contributed by atoms with Gasteiger partial charge in [-0.3, -0.25) is 9.88 Å². The summed E-state index contributed by atoms with van der Waals surface area (Å²) in [5, 5.41) is 10.1. The monoisotopic (exact) mass is 244 g/mol. The molecule has 0 saturated carbocycles. The van der Waals surface area contributed by atoms with E-state index in [1.165, 1.54) is 10.9 Å². The van der Waals surface area contributed by atoms with Gasteiger partial charge >= 0.3 is 0 Å². The Balaban J connectivity index is 2.19. The average molecular weight is 244 g/mol. The van der Waals surface area contributed by atoms with Crippen LogP contribution in [0.25, 0.3) is 10.9 Å². The summed E-state index contributed by atoms with van der Waals surface area (Å²) in [4.78, 5) is 6.81. The number of aliphatic hydroxyl groups is 1. The number of pyridine rings is 1. The first-order valence-electron chi connectivity index (χ1n) is 6.51. The summed E-state index contributed by atoms with van der Waals surface area (Å²) in [6.45, 7) is 5.21. The van der Waals surface area contributed by atoms with Gasteiger partial charge in [0.05, 0.1) is 5.52 Å². The van der Waals surface area contributed by atoms with Gasteiger partial charge in [0, 0.05) is 31.3 Å². The highest BCUT2D eigenvalue weighted by Crippen LogP contribution is 2.17. The fourth-order valence-corrected chi connectivity index (χ4v) is 2.18. The lowest BCUT2D eigenvalue weighted by molar-refractivity contribution is 0.226. The summed E-state index contributed by atoms with van der Waals surface area (Å²) in [5.41, 5.74) is 2.34. The van der Waals surface area contributed by atoms with Gasteiger partial charge in [-0.1, -0.05) is 31.2 Å². The molecule has 0 amide bonds.